The van der Waals surface area contributed by atoms with Crippen molar-refractivity contribution in [1.29, 1.82) is 0 Å². The van der Waals surface area contributed by atoms with Gasteiger partial charge in [-0.3, -0.25) is 9.36 Å². The molecule has 0 saturated heterocycles. The molecule has 0 radical (unpaired) electrons. The van der Waals surface area contributed by atoms with Crippen molar-refractivity contribution >= 4 is 35.0 Å². The molecule has 5 aromatic rings. The van der Waals surface area contributed by atoms with E-state index in [1.165, 1.54) is 11.3 Å². The second-order valence-electron chi connectivity index (χ2n) is 11.4. The Labute approximate surface area is 282 Å². The number of benzene rings is 3. The first-order valence-electron chi connectivity index (χ1n) is 15.7. The van der Waals surface area contributed by atoms with Crippen LogP contribution in [-0.4, -0.2) is 28.8 Å². The Morgan fingerprint density at radius 2 is 1.72 bits per heavy atom. The number of aryl methyl sites for hydroxylation is 1. The third-order valence-corrected chi connectivity index (χ3v) is 9.59. The average Bonchev–Trinajstić information content (AvgIpc) is 3.54. The van der Waals surface area contributed by atoms with Crippen molar-refractivity contribution in [3.63, 3.8) is 0 Å². The first-order chi connectivity index (χ1) is 22.7. The van der Waals surface area contributed by atoms with Gasteiger partial charge in [0.15, 0.2) is 4.80 Å². The van der Waals surface area contributed by atoms with Crippen LogP contribution in [0, 0.1) is 13.8 Å². The molecule has 1 aliphatic rings. The molecule has 1 atom stereocenters. The molecule has 0 aliphatic carbocycles. The maximum atomic E-state index is 14.3. The fourth-order valence-electron chi connectivity index (χ4n) is 6.24. The molecule has 3 aromatic carbocycles. The molecule has 1 aliphatic heterocycles. The number of halogens is 1. The molecule has 0 fully saturated rings. The zero-order valence-electron chi connectivity index (χ0n) is 27.0. The van der Waals surface area contributed by atoms with Crippen LogP contribution in [-0.2, 0) is 9.53 Å². The first kappa shape index (κ1) is 32.3. The van der Waals surface area contributed by atoms with E-state index in [1.807, 2.05) is 31.2 Å². The first-order valence-corrected chi connectivity index (χ1v) is 16.8. The number of nitrogens with zero attached hydrogens (tertiary/aromatic N) is 3. The lowest BCUT2D eigenvalue weighted by molar-refractivity contribution is -0.139. The number of ether oxygens (including phenoxy) is 2. The number of aromatic nitrogens is 2. The molecule has 9 heteroatoms. The van der Waals surface area contributed by atoms with Gasteiger partial charge in [0.05, 0.1) is 29.5 Å². The molecule has 6 rings (SSSR count). The van der Waals surface area contributed by atoms with Crippen LogP contribution in [0.2, 0.25) is 5.02 Å². The van der Waals surface area contributed by atoms with E-state index in [-0.39, 0.29) is 12.2 Å². The standard InChI is InChI=1S/C38H36ClN3O4S/c1-6-11-31-34(37(44)46-7-2)35(30-22-28(39)16-19-32(30)45-5)42-36(43)33(47-38(42)40-31)21-27-20-23(3)41(24(27)4)29-17-14-26(15-18-29)25-12-9-8-10-13-25/h8-10,12-22,35H,6-7,11H2,1-5H3/b33-21+/t35-/m1/s1. The molecule has 3 heterocycles. The molecule has 0 saturated carbocycles. The molecule has 0 bridgehead atoms. The lowest BCUT2D eigenvalue weighted by atomic mass is 9.93. The predicted molar refractivity (Wildman–Crippen MR) is 188 cm³/mol. The normalized spacial score (nSPS) is 14.6. The van der Waals surface area contributed by atoms with E-state index >= 15 is 0 Å². The average molecular weight is 666 g/mol. The van der Waals surface area contributed by atoms with E-state index in [2.05, 4.69) is 60.9 Å². The van der Waals surface area contributed by atoms with Crippen molar-refractivity contribution < 1.29 is 14.3 Å². The minimum Gasteiger partial charge on any atom is -0.496 e. The van der Waals surface area contributed by atoms with Gasteiger partial charge in [-0.05, 0) is 86.4 Å². The van der Waals surface area contributed by atoms with Crippen LogP contribution in [0.4, 0.5) is 0 Å². The van der Waals surface area contributed by atoms with Crippen molar-refractivity contribution in [2.75, 3.05) is 13.7 Å². The number of esters is 1. The number of hydrogen-bond acceptors (Lipinski definition) is 6. The van der Waals surface area contributed by atoms with Gasteiger partial charge in [0.25, 0.3) is 5.56 Å². The summed E-state index contributed by atoms with van der Waals surface area (Å²) in [4.78, 5) is 33.3. The van der Waals surface area contributed by atoms with Gasteiger partial charge in [-0.25, -0.2) is 9.79 Å². The van der Waals surface area contributed by atoms with Gasteiger partial charge in [0.2, 0.25) is 0 Å². The molecule has 0 unspecified atom stereocenters. The lowest BCUT2D eigenvalue weighted by Gasteiger charge is -2.27. The highest BCUT2D eigenvalue weighted by atomic mass is 35.5. The van der Waals surface area contributed by atoms with Gasteiger partial charge in [-0.1, -0.05) is 78.7 Å². The Kier molecular flexibility index (Phi) is 9.34. The summed E-state index contributed by atoms with van der Waals surface area (Å²) in [6.45, 7) is 8.09. The second-order valence-corrected chi connectivity index (χ2v) is 12.8. The van der Waals surface area contributed by atoms with Crippen LogP contribution in [0.5, 0.6) is 5.75 Å². The van der Waals surface area contributed by atoms with E-state index in [9.17, 15) is 9.59 Å². The van der Waals surface area contributed by atoms with Crippen molar-refractivity contribution in [1.82, 2.24) is 9.13 Å². The Morgan fingerprint density at radius 1 is 1.00 bits per heavy atom. The summed E-state index contributed by atoms with van der Waals surface area (Å²) in [7, 11) is 1.56. The maximum Gasteiger partial charge on any atom is 0.338 e. The Hall–Kier alpha value is -4.66. The summed E-state index contributed by atoms with van der Waals surface area (Å²) in [6, 6.07) is 25.2. The highest BCUT2D eigenvalue weighted by Crippen LogP contribution is 2.38. The largest absolute Gasteiger partial charge is 0.496 e. The zero-order chi connectivity index (χ0) is 33.2. The molecule has 47 heavy (non-hydrogen) atoms. The fraction of sp³-hybridized carbons (Fsp3) is 0.237. The van der Waals surface area contributed by atoms with Crippen molar-refractivity contribution in [2.45, 2.75) is 46.6 Å². The predicted octanol–water partition coefficient (Wildman–Crippen LogP) is 7.32. The number of hydrogen-bond donors (Lipinski definition) is 0. The zero-order valence-corrected chi connectivity index (χ0v) is 28.6. The maximum absolute atomic E-state index is 14.3. The second kappa shape index (κ2) is 13.6. The minimum absolute atomic E-state index is 0.191. The van der Waals surface area contributed by atoms with Gasteiger partial charge in [0.1, 0.15) is 11.8 Å². The number of allylic oxidation sites excluding steroid dienone is 1. The number of fused-ring (bicyclic) bond motifs is 1. The third-order valence-electron chi connectivity index (χ3n) is 8.37. The van der Waals surface area contributed by atoms with E-state index in [0.717, 1.165) is 40.2 Å². The van der Waals surface area contributed by atoms with E-state index < -0.39 is 12.0 Å². The number of carbonyl (C=O) groups is 1. The van der Waals surface area contributed by atoms with E-state index in [0.29, 0.717) is 43.4 Å². The van der Waals surface area contributed by atoms with Crippen LogP contribution < -0.4 is 19.6 Å². The highest BCUT2D eigenvalue weighted by molar-refractivity contribution is 7.07. The summed E-state index contributed by atoms with van der Waals surface area (Å²) in [5.41, 5.74) is 7.59. The Bertz CT molecular complexity index is 2180. The molecule has 2 aromatic heterocycles. The summed E-state index contributed by atoms with van der Waals surface area (Å²) >= 11 is 7.79. The summed E-state index contributed by atoms with van der Waals surface area (Å²) in [5, 5.41) is 0.462. The van der Waals surface area contributed by atoms with Gasteiger partial charge >= 0.3 is 5.97 Å². The van der Waals surface area contributed by atoms with Gasteiger partial charge in [0, 0.05) is 27.7 Å². The highest BCUT2D eigenvalue weighted by Gasteiger charge is 2.36. The summed E-state index contributed by atoms with van der Waals surface area (Å²) < 4.78 is 15.5. The SMILES string of the molecule is CCCC1=C(C(=O)OCC)[C@@H](c2cc(Cl)ccc2OC)n2c(s/c(=C/c3cc(C)n(-c4ccc(-c5ccccc5)cc4)c3C)c2=O)=N1. The van der Waals surface area contributed by atoms with Crippen molar-refractivity contribution in [3.8, 4) is 22.6 Å². The summed E-state index contributed by atoms with van der Waals surface area (Å²) in [6.07, 6.45) is 3.22. The van der Waals surface area contributed by atoms with Crippen molar-refractivity contribution in [3.05, 3.63) is 137 Å². The molecule has 0 spiro atoms. The van der Waals surface area contributed by atoms with E-state index in [4.69, 9.17) is 26.1 Å². The van der Waals surface area contributed by atoms with Crippen LogP contribution in [0.1, 0.15) is 55.2 Å². The fourth-order valence-corrected chi connectivity index (χ4v) is 7.43. The van der Waals surface area contributed by atoms with Crippen LogP contribution in [0.3, 0.4) is 0 Å². The quantitative estimate of drug-likeness (QED) is 0.155. The van der Waals surface area contributed by atoms with Gasteiger partial charge in [-0.2, -0.15) is 0 Å². The molecular formula is C38H36ClN3O4S. The third kappa shape index (κ3) is 6.11. The minimum atomic E-state index is -0.821. The number of methoxy groups -OCH3 is 1. The Morgan fingerprint density at radius 3 is 2.40 bits per heavy atom. The molecular weight excluding hydrogens is 630 g/mol. The molecule has 7 nitrogen and oxygen atoms in total. The van der Waals surface area contributed by atoms with Gasteiger partial charge < -0.3 is 14.0 Å². The van der Waals surface area contributed by atoms with Gasteiger partial charge in [-0.15, -0.1) is 0 Å². The number of carbonyl (C=O) groups excluding carboxylic acids is 1. The lowest BCUT2D eigenvalue weighted by Crippen LogP contribution is -2.40. The topological polar surface area (TPSA) is 74.8 Å². The van der Waals surface area contributed by atoms with Crippen LogP contribution in [0.15, 0.2) is 99.9 Å². The van der Waals surface area contributed by atoms with Crippen molar-refractivity contribution in [2.24, 2.45) is 4.99 Å². The monoisotopic (exact) mass is 665 g/mol. The molecule has 0 amide bonds. The van der Waals surface area contributed by atoms with E-state index in [1.54, 1.807) is 36.8 Å². The smallest absolute Gasteiger partial charge is 0.338 e. The van der Waals surface area contributed by atoms with Crippen LogP contribution in [0.25, 0.3) is 22.9 Å². The Balaban J connectivity index is 1.50. The number of thiazole rings is 1. The van der Waals surface area contributed by atoms with Crippen LogP contribution >= 0.6 is 22.9 Å². The number of rotatable bonds is 9. The molecule has 240 valence electrons. The summed E-state index contributed by atoms with van der Waals surface area (Å²) in [5.74, 6) is -0.00167. The molecule has 0 N–H and O–H groups in total.